The lowest BCUT2D eigenvalue weighted by Gasteiger charge is -2.28. The van der Waals surface area contributed by atoms with Crippen molar-refractivity contribution in [1.29, 1.82) is 0 Å². The van der Waals surface area contributed by atoms with Gasteiger partial charge in [-0.3, -0.25) is 0 Å². The molecule has 2 unspecified atom stereocenters. The zero-order valence-electron chi connectivity index (χ0n) is 12.3. The van der Waals surface area contributed by atoms with Crippen LogP contribution in [0.2, 0.25) is 0 Å². The molecule has 0 spiro atoms. The van der Waals surface area contributed by atoms with Crippen molar-refractivity contribution >= 4 is 0 Å². The highest BCUT2D eigenvalue weighted by Crippen LogP contribution is 2.29. The first-order valence-corrected chi connectivity index (χ1v) is 7.71. The summed E-state index contributed by atoms with van der Waals surface area (Å²) in [6, 6.07) is 10.9. The van der Waals surface area contributed by atoms with Gasteiger partial charge >= 0.3 is 0 Å². The highest BCUT2D eigenvalue weighted by atomic mass is 16.5. The first kappa shape index (κ1) is 14.5. The number of nitrogens with one attached hydrogen (secondary N) is 1. The van der Waals surface area contributed by atoms with Crippen LogP contribution in [0, 0.1) is 5.92 Å². The number of benzene rings is 1. The summed E-state index contributed by atoms with van der Waals surface area (Å²) in [6.07, 6.45) is 5.70. The van der Waals surface area contributed by atoms with Crippen LogP contribution in [0.5, 0.6) is 0 Å². The van der Waals surface area contributed by atoms with E-state index in [0.717, 1.165) is 19.1 Å². The average molecular weight is 261 g/mol. The van der Waals surface area contributed by atoms with E-state index in [-0.39, 0.29) is 6.10 Å². The van der Waals surface area contributed by atoms with E-state index < -0.39 is 0 Å². The van der Waals surface area contributed by atoms with E-state index >= 15 is 0 Å². The molecule has 1 aliphatic rings. The lowest BCUT2D eigenvalue weighted by molar-refractivity contribution is 0.0255. The Labute approximate surface area is 117 Å². The highest BCUT2D eigenvalue weighted by molar-refractivity contribution is 5.19. The normalized spacial score (nSPS) is 18.8. The second kappa shape index (κ2) is 7.66. The molecule has 0 bridgehead atoms. The molecule has 1 aliphatic carbocycles. The van der Waals surface area contributed by atoms with Crippen LogP contribution in [-0.4, -0.2) is 19.3 Å². The molecule has 0 heterocycles. The van der Waals surface area contributed by atoms with E-state index in [1.54, 1.807) is 0 Å². The van der Waals surface area contributed by atoms with E-state index in [4.69, 9.17) is 4.74 Å². The van der Waals surface area contributed by atoms with Crippen molar-refractivity contribution in [2.45, 2.75) is 51.7 Å². The van der Waals surface area contributed by atoms with Crippen molar-refractivity contribution in [2.75, 3.05) is 13.2 Å². The van der Waals surface area contributed by atoms with Crippen LogP contribution >= 0.6 is 0 Å². The van der Waals surface area contributed by atoms with E-state index in [2.05, 4.69) is 49.5 Å². The van der Waals surface area contributed by atoms with Gasteiger partial charge in [-0.25, -0.2) is 0 Å². The Morgan fingerprint density at radius 2 is 2.00 bits per heavy atom. The Balaban J connectivity index is 1.83. The first-order chi connectivity index (χ1) is 9.31. The van der Waals surface area contributed by atoms with Gasteiger partial charge in [0.15, 0.2) is 0 Å². The second-order valence-corrected chi connectivity index (χ2v) is 5.61. The minimum absolute atomic E-state index is 0.224. The molecule has 2 rings (SSSR count). The molecule has 0 saturated heterocycles. The molecule has 1 saturated carbocycles. The van der Waals surface area contributed by atoms with Crippen molar-refractivity contribution in [3.8, 4) is 0 Å². The number of rotatable bonds is 8. The van der Waals surface area contributed by atoms with Crippen LogP contribution in [0.3, 0.4) is 0 Å². The van der Waals surface area contributed by atoms with Gasteiger partial charge in [0.1, 0.15) is 0 Å². The van der Waals surface area contributed by atoms with E-state index in [0.29, 0.717) is 6.04 Å². The summed E-state index contributed by atoms with van der Waals surface area (Å²) in [4.78, 5) is 0. The molecule has 1 aromatic rings. The van der Waals surface area contributed by atoms with Crippen molar-refractivity contribution < 1.29 is 4.74 Å². The fourth-order valence-electron chi connectivity index (χ4n) is 2.73. The fraction of sp³-hybridized carbons (Fsp3) is 0.647. The fourth-order valence-corrected chi connectivity index (χ4v) is 2.73. The van der Waals surface area contributed by atoms with Gasteiger partial charge in [0.25, 0.3) is 0 Å². The summed E-state index contributed by atoms with van der Waals surface area (Å²) in [5, 5.41) is 3.54. The molecule has 0 amide bonds. The van der Waals surface area contributed by atoms with Gasteiger partial charge in [0.2, 0.25) is 0 Å². The maximum atomic E-state index is 6.05. The lowest BCUT2D eigenvalue weighted by atomic mass is 9.83. The van der Waals surface area contributed by atoms with Gasteiger partial charge < -0.3 is 10.1 Å². The quantitative estimate of drug-likeness (QED) is 0.765. The molecule has 2 heteroatoms. The zero-order chi connectivity index (χ0) is 13.5. The third-order valence-electron chi connectivity index (χ3n) is 4.18. The van der Waals surface area contributed by atoms with Crippen molar-refractivity contribution in [1.82, 2.24) is 5.32 Å². The molecule has 1 fully saturated rings. The van der Waals surface area contributed by atoms with Gasteiger partial charge in [-0.05, 0) is 31.4 Å². The van der Waals surface area contributed by atoms with Gasteiger partial charge in [-0.2, -0.15) is 0 Å². The first-order valence-electron chi connectivity index (χ1n) is 7.71. The van der Waals surface area contributed by atoms with Crippen LogP contribution in [0.1, 0.15) is 51.1 Å². The molecular formula is C17H27NO. The predicted octanol–water partition coefficient (Wildman–Crippen LogP) is 3.93. The second-order valence-electron chi connectivity index (χ2n) is 5.61. The molecule has 1 N–H and O–H groups in total. The van der Waals surface area contributed by atoms with Crippen LogP contribution in [0.25, 0.3) is 0 Å². The topological polar surface area (TPSA) is 21.3 Å². The van der Waals surface area contributed by atoms with E-state index in [1.807, 2.05) is 0 Å². The third-order valence-corrected chi connectivity index (χ3v) is 4.18. The monoisotopic (exact) mass is 261 g/mol. The van der Waals surface area contributed by atoms with Gasteiger partial charge in [-0.15, -0.1) is 0 Å². The summed E-state index contributed by atoms with van der Waals surface area (Å²) in [7, 11) is 0. The van der Waals surface area contributed by atoms with Crippen molar-refractivity contribution in [3.05, 3.63) is 35.9 Å². The predicted molar refractivity (Wildman–Crippen MR) is 80.2 cm³/mol. The standard InChI is InChI=1S/C17H27NO/c1-3-18-17(16-10-5-4-6-11-16)14(2)19-13-12-15-8-7-9-15/h4-6,10-11,14-15,17-18H,3,7-9,12-13H2,1-2H3. The van der Waals surface area contributed by atoms with Crippen LogP contribution < -0.4 is 5.32 Å². The average Bonchev–Trinajstić information content (AvgIpc) is 2.39. The van der Waals surface area contributed by atoms with E-state index in [1.165, 1.54) is 31.2 Å². The van der Waals surface area contributed by atoms with Crippen LogP contribution in [-0.2, 0) is 4.74 Å². The molecule has 0 aromatic heterocycles. The minimum atomic E-state index is 0.224. The zero-order valence-corrected chi connectivity index (χ0v) is 12.3. The molecule has 106 valence electrons. The number of hydrogen-bond donors (Lipinski definition) is 1. The number of ether oxygens (including phenoxy) is 1. The van der Waals surface area contributed by atoms with Crippen molar-refractivity contribution in [3.63, 3.8) is 0 Å². The highest BCUT2D eigenvalue weighted by Gasteiger charge is 2.21. The Hall–Kier alpha value is -0.860. The molecule has 19 heavy (non-hydrogen) atoms. The molecule has 2 nitrogen and oxygen atoms in total. The largest absolute Gasteiger partial charge is 0.377 e. The maximum absolute atomic E-state index is 6.05. The Morgan fingerprint density at radius 1 is 1.26 bits per heavy atom. The lowest BCUT2D eigenvalue weighted by Crippen LogP contribution is -2.32. The molecule has 2 atom stereocenters. The van der Waals surface area contributed by atoms with Gasteiger partial charge in [-0.1, -0.05) is 56.5 Å². The van der Waals surface area contributed by atoms with Crippen LogP contribution in [0.4, 0.5) is 0 Å². The van der Waals surface area contributed by atoms with Gasteiger partial charge in [0, 0.05) is 6.61 Å². The summed E-state index contributed by atoms with van der Waals surface area (Å²) in [5.74, 6) is 0.932. The number of hydrogen-bond acceptors (Lipinski definition) is 2. The summed E-state index contributed by atoms with van der Waals surface area (Å²) in [6.45, 7) is 6.20. The third kappa shape index (κ3) is 4.32. The molecule has 1 aromatic carbocycles. The maximum Gasteiger partial charge on any atom is 0.0741 e. The SMILES string of the molecule is CCNC(c1ccccc1)C(C)OCCC1CCC1. The van der Waals surface area contributed by atoms with Crippen molar-refractivity contribution in [2.24, 2.45) is 5.92 Å². The molecule has 0 radical (unpaired) electrons. The number of likely N-dealkylation sites (N-methyl/N-ethyl adjacent to an activating group) is 1. The summed E-state index contributed by atoms with van der Waals surface area (Å²) in [5.41, 5.74) is 1.32. The molecular weight excluding hydrogens is 234 g/mol. The Kier molecular flexibility index (Phi) is 5.87. The minimum Gasteiger partial charge on any atom is -0.377 e. The summed E-state index contributed by atoms with van der Waals surface area (Å²) >= 11 is 0. The molecule has 0 aliphatic heterocycles. The Morgan fingerprint density at radius 3 is 2.58 bits per heavy atom. The smallest absolute Gasteiger partial charge is 0.0741 e. The summed E-state index contributed by atoms with van der Waals surface area (Å²) < 4.78 is 6.05. The van der Waals surface area contributed by atoms with E-state index in [9.17, 15) is 0 Å². The Bertz CT molecular complexity index is 348. The van der Waals surface area contributed by atoms with Crippen LogP contribution in [0.15, 0.2) is 30.3 Å². The van der Waals surface area contributed by atoms with Gasteiger partial charge in [0.05, 0.1) is 12.1 Å².